The number of rotatable bonds is 12. The zero-order valence-electron chi connectivity index (χ0n) is 30.5. The van der Waals surface area contributed by atoms with Gasteiger partial charge in [0, 0.05) is 18.7 Å². The second kappa shape index (κ2) is 15.7. The van der Waals surface area contributed by atoms with Crippen LogP contribution in [0.25, 0.3) is 33.6 Å². The number of aromatic nitrogens is 4. The Hall–Kier alpha value is -5.04. The standard InChI is InChI=1S/C39H49FN8O4/c1-6-46(7-2)24(5)37(49)47-18-8-10-32(47)36-42-22-31(44-36)28-17-16-27(20-29(28)40)25-12-14-26(15-13-25)30-21-41-35(43-30)33-11-9-19-48(33)38(50)34(23(3)4)45-39(51)52/h12-17,20-24,32-34,45H,6-11,18-19H2,1-5H3,(H,41,43)(H,42,44)(H,51,52)/t24-,32+,33+,34+/m1/s1. The van der Waals surface area contributed by atoms with Gasteiger partial charge in [-0.25, -0.2) is 19.2 Å². The van der Waals surface area contributed by atoms with Crippen molar-refractivity contribution in [3.8, 4) is 33.6 Å². The monoisotopic (exact) mass is 712 g/mol. The number of carbonyl (C=O) groups excluding carboxylic acids is 2. The molecule has 3 amide bonds. The van der Waals surface area contributed by atoms with Gasteiger partial charge in [0.05, 0.1) is 41.9 Å². The van der Waals surface area contributed by atoms with Crippen molar-refractivity contribution in [3.63, 3.8) is 0 Å². The number of amides is 3. The molecule has 0 spiro atoms. The number of aromatic amines is 2. The summed E-state index contributed by atoms with van der Waals surface area (Å²) in [7, 11) is 0. The normalized spacial score (nSPS) is 18.7. The summed E-state index contributed by atoms with van der Waals surface area (Å²) >= 11 is 0. The Kier molecular flexibility index (Phi) is 11.1. The number of hydrogen-bond acceptors (Lipinski definition) is 6. The lowest BCUT2D eigenvalue weighted by Crippen LogP contribution is -2.50. The Bertz CT molecular complexity index is 1880. The maximum Gasteiger partial charge on any atom is 0.405 e. The smallest absolute Gasteiger partial charge is 0.405 e. The van der Waals surface area contributed by atoms with Gasteiger partial charge in [-0.3, -0.25) is 14.5 Å². The summed E-state index contributed by atoms with van der Waals surface area (Å²) in [4.78, 5) is 59.7. The lowest BCUT2D eigenvalue weighted by Gasteiger charge is -2.31. The van der Waals surface area contributed by atoms with E-state index < -0.39 is 12.1 Å². The summed E-state index contributed by atoms with van der Waals surface area (Å²) in [6, 6.07) is 11.4. The van der Waals surface area contributed by atoms with Crippen LogP contribution in [0.1, 0.15) is 84.0 Å². The SMILES string of the molecule is CCN(CC)[C@H](C)C(=O)N1CCC[C@H]1c1ncc(-c2ccc(-c3ccc(-c4cnc([C@@H]5CCCN5C(=O)[C@@H](NC(=O)O)C(C)C)[nH]4)cc3)cc2F)[nH]1. The molecule has 6 rings (SSSR count). The average Bonchev–Trinajstić information content (AvgIpc) is 3.97. The summed E-state index contributed by atoms with van der Waals surface area (Å²) in [6.45, 7) is 12.5. The molecule has 52 heavy (non-hydrogen) atoms. The third kappa shape index (κ3) is 7.45. The Morgan fingerprint density at radius 3 is 1.94 bits per heavy atom. The van der Waals surface area contributed by atoms with E-state index in [-0.39, 0.29) is 41.7 Å². The minimum atomic E-state index is -1.22. The van der Waals surface area contributed by atoms with Gasteiger partial charge in [-0.05, 0) is 80.4 Å². The van der Waals surface area contributed by atoms with Crippen LogP contribution in [-0.2, 0) is 9.59 Å². The minimum absolute atomic E-state index is 0.0955. The number of halogens is 1. The summed E-state index contributed by atoms with van der Waals surface area (Å²) in [5, 5.41) is 11.6. The fourth-order valence-corrected chi connectivity index (χ4v) is 7.67. The zero-order valence-corrected chi connectivity index (χ0v) is 30.5. The molecule has 2 fully saturated rings. The van der Waals surface area contributed by atoms with E-state index >= 15 is 4.39 Å². The third-order valence-corrected chi connectivity index (χ3v) is 10.6. The van der Waals surface area contributed by atoms with E-state index in [2.05, 4.69) is 44.0 Å². The Morgan fingerprint density at radius 1 is 0.846 bits per heavy atom. The molecule has 4 N–H and O–H groups in total. The lowest BCUT2D eigenvalue weighted by molar-refractivity contribution is -0.137. The van der Waals surface area contributed by atoms with Gasteiger partial charge < -0.3 is 30.2 Å². The molecular weight excluding hydrogens is 663 g/mol. The van der Waals surface area contributed by atoms with Crippen LogP contribution in [0, 0.1) is 11.7 Å². The molecule has 12 nitrogen and oxygen atoms in total. The highest BCUT2D eigenvalue weighted by atomic mass is 19.1. The Balaban J connectivity index is 1.13. The largest absolute Gasteiger partial charge is 0.465 e. The van der Waals surface area contributed by atoms with Crippen LogP contribution in [0.15, 0.2) is 54.9 Å². The van der Waals surface area contributed by atoms with E-state index in [4.69, 9.17) is 0 Å². The topological polar surface area (TPSA) is 151 Å². The first-order valence-electron chi connectivity index (χ1n) is 18.4. The van der Waals surface area contributed by atoms with Crippen LogP contribution in [-0.4, -0.2) is 95.9 Å². The van der Waals surface area contributed by atoms with Crippen LogP contribution < -0.4 is 5.32 Å². The first kappa shape index (κ1) is 36.7. The highest BCUT2D eigenvalue weighted by Gasteiger charge is 2.38. The number of nitrogens with zero attached hydrogens (tertiary/aromatic N) is 5. The van der Waals surface area contributed by atoms with Crippen molar-refractivity contribution in [1.82, 2.24) is 40.0 Å². The molecule has 2 aliphatic rings. The molecule has 0 radical (unpaired) electrons. The fraction of sp³-hybridized carbons (Fsp3) is 0.462. The van der Waals surface area contributed by atoms with E-state index in [1.807, 2.05) is 56.0 Å². The number of H-pyrrole nitrogens is 2. The molecule has 2 aromatic carbocycles. The van der Waals surface area contributed by atoms with Gasteiger partial charge in [0.15, 0.2) is 0 Å². The molecule has 13 heteroatoms. The number of hydrogen-bond donors (Lipinski definition) is 4. The van der Waals surface area contributed by atoms with Crippen molar-refractivity contribution in [2.45, 2.75) is 84.5 Å². The molecule has 2 aromatic heterocycles. The summed E-state index contributed by atoms with van der Waals surface area (Å²) in [5.74, 6) is 0.606. The highest BCUT2D eigenvalue weighted by molar-refractivity contribution is 5.86. The number of likely N-dealkylation sites (tertiary alicyclic amines) is 2. The van der Waals surface area contributed by atoms with Gasteiger partial charge in [0.25, 0.3) is 0 Å². The van der Waals surface area contributed by atoms with Gasteiger partial charge >= 0.3 is 6.09 Å². The summed E-state index contributed by atoms with van der Waals surface area (Å²) < 4.78 is 15.6. The van der Waals surface area contributed by atoms with Crippen LogP contribution >= 0.6 is 0 Å². The molecule has 0 unspecified atom stereocenters. The predicted octanol–water partition coefficient (Wildman–Crippen LogP) is 6.62. The number of carbonyl (C=O) groups is 3. The van der Waals surface area contributed by atoms with Crippen molar-refractivity contribution in [1.29, 1.82) is 0 Å². The molecule has 4 aromatic rings. The molecule has 2 saturated heterocycles. The van der Waals surface area contributed by atoms with Gasteiger partial charge in [0.2, 0.25) is 11.8 Å². The number of benzene rings is 2. The molecule has 2 aliphatic heterocycles. The molecule has 4 heterocycles. The van der Waals surface area contributed by atoms with E-state index in [9.17, 15) is 19.5 Å². The first-order valence-corrected chi connectivity index (χ1v) is 18.4. The molecule has 0 saturated carbocycles. The lowest BCUT2D eigenvalue weighted by atomic mass is 10.0. The molecule has 4 atom stereocenters. The average molecular weight is 713 g/mol. The summed E-state index contributed by atoms with van der Waals surface area (Å²) in [6.07, 6.45) is 5.39. The molecule has 0 aliphatic carbocycles. The molecule has 0 bridgehead atoms. The predicted molar refractivity (Wildman–Crippen MR) is 197 cm³/mol. The van der Waals surface area contributed by atoms with Crippen molar-refractivity contribution in [3.05, 3.63) is 72.3 Å². The Labute approximate surface area is 303 Å². The van der Waals surface area contributed by atoms with Crippen molar-refractivity contribution in [2.24, 2.45) is 5.92 Å². The van der Waals surface area contributed by atoms with E-state index in [0.29, 0.717) is 36.0 Å². The highest BCUT2D eigenvalue weighted by Crippen LogP contribution is 2.35. The van der Waals surface area contributed by atoms with Crippen LogP contribution in [0.5, 0.6) is 0 Å². The molecule has 276 valence electrons. The van der Waals surface area contributed by atoms with Crippen LogP contribution in [0.4, 0.5) is 9.18 Å². The van der Waals surface area contributed by atoms with Gasteiger partial charge in [-0.1, -0.05) is 58.0 Å². The second-order valence-corrected chi connectivity index (χ2v) is 14.1. The third-order valence-electron chi connectivity index (χ3n) is 10.6. The number of nitrogens with one attached hydrogen (secondary N) is 3. The van der Waals surface area contributed by atoms with Gasteiger partial charge in [-0.2, -0.15) is 0 Å². The van der Waals surface area contributed by atoms with Crippen molar-refractivity contribution >= 4 is 17.9 Å². The maximum absolute atomic E-state index is 15.6. The van der Waals surface area contributed by atoms with E-state index in [1.165, 1.54) is 6.07 Å². The zero-order chi connectivity index (χ0) is 37.1. The first-order chi connectivity index (χ1) is 25.0. The van der Waals surface area contributed by atoms with Crippen LogP contribution in [0.2, 0.25) is 0 Å². The van der Waals surface area contributed by atoms with E-state index in [0.717, 1.165) is 61.2 Å². The number of carboxylic acid groups (broad SMARTS) is 1. The van der Waals surface area contributed by atoms with Gasteiger partial charge in [0.1, 0.15) is 23.5 Å². The second-order valence-electron chi connectivity index (χ2n) is 14.1. The number of likely N-dealkylation sites (N-methyl/N-ethyl adjacent to an activating group) is 1. The van der Waals surface area contributed by atoms with Gasteiger partial charge in [-0.15, -0.1) is 0 Å². The maximum atomic E-state index is 15.6. The fourth-order valence-electron chi connectivity index (χ4n) is 7.67. The van der Waals surface area contributed by atoms with Crippen LogP contribution in [0.3, 0.4) is 0 Å². The Morgan fingerprint density at radius 2 is 1.38 bits per heavy atom. The number of imidazole rings is 2. The quantitative estimate of drug-likeness (QED) is 0.129. The minimum Gasteiger partial charge on any atom is -0.465 e. The van der Waals surface area contributed by atoms with Crippen molar-refractivity contribution in [2.75, 3.05) is 26.2 Å². The summed E-state index contributed by atoms with van der Waals surface area (Å²) in [5.41, 5.74) is 4.23. The van der Waals surface area contributed by atoms with E-state index in [1.54, 1.807) is 23.4 Å². The van der Waals surface area contributed by atoms with Crippen molar-refractivity contribution < 1.29 is 23.9 Å². The molecular formula is C39H49FN8O4.